The Bertz CT molecular complexity index is 1080. The number of nitrogens with zero attached hydrogens (tertiary/aromatic N) is 3. The van der Waals surface area contributed by atoms with E-state index in [4.69, 9.17) is 5.11 Å². The molecule has 0 fully saturated rings. The van der Waals surface area contributed by atoms with Crippen molar-refractivity contribution < 1.29 is 20.4 Å². The number of hydrogen-bond donors (Lipinski definition) is 5. The Balaban J connectivity index is 2.28. The van der Waals surface area contributed by atoms with Crippen molar-refractivity contribution in [2.75, 3.05) is 6.61 Å². The third-order valence-electron chi connectivity index (χ3n) is 4.57. The summed E-state index contributed by atoms with van der Waals surface area (Å²) in [6.45, 7) is 2.73. The fraction of sp³-hybridized carbons (Fsp3) is 0.412. The van der Waals surface area contributed by atoms with Gasteiger partial charge < -0.3 is 25.0 Å². The van der Waals surface area contributed by atoms with Crippen LogP contribution < -0.4 is 11.2 Å². The summed E-state index contributed by atoms with van der Waals surface area (Å²) < 4.78 is 1.40. The molecular formula is C17H20N4O6. The average molecular weight is 376 g/mol. The molecule has 0 bridgehead atoms. The molecule has 1 aromatic rings. The van der Waals surface area contributed by atoms with E-state index in [1.807, 2.05) is 13.8 Å². The zero-order valence-electron chi connectivity index (χ0n) is 14.7. The number of rotatable bonds is 5. The maximum atomic E-state index is 12.2. The van der Waals surface area contributed by atoms with E-state index in [9.17, 15) is 24.9 Å². The molecule has 3 atom stereocenters. The van der Waals surface area contributed by atoms with Crippen molar-refractivity contribution in [2.24, 2.45) is 0 Å². The molecular weight excluding hydrogens is 356 g/mol. The summed E-state index contributed by atoms with van der Waals surface area (Å²) in [5.74, 6) is -0.0516. The Morgan fingerprint density at radius 2 is 1.74 bits per heavy atom. The molecule has 2 heterocycles. The first-order valence-corrected chi connectivity index (χ1v) is 8.29. The van der Waals surface area contributed by atoms with Gasteiger partial charge in [0.1, 0.15) is 18.3 Å². The van der Waals surface area contributed by atoms with Gasteiger partial charge in [0.25, 0.3) is 5.56 Å². The normalized spacial score (nSPS) is 15.2. The number of aliphatic hydroxyl groups excluding tert-OH is 4. The van der Waals surface area contributed by atoms with Gasteiger partial charge in [-0.3, -0.25) is 9.78 Å². The first kappa shape index (κ1) is 19.1. The van der Waals surface area contributed by atoms with E-state index < -0.39 is 36.2 Å². The number of benzene rings is 1. The second-order valence-corrected chi connectivity index (χ2v) is 6.50. The van der Waals surface area contributed by atoms with Gasteiger partial charge in [-0.2, -0.15) is 4.98 Å². The minimum atomic E-state index is -1.64. The van der Waals surface area contributed by atoms with Gasteiger partial charge >= 0.3 is 5.69 Å². The molecule has 3 rings (SSSR count). The lowest BCUT2D eigenvalue weighted by atomic mass is 10.1. The van der Waals surface area contributed by atoms with E-state index in [1.165, 1.54) is 4.57 Å². The molecule has 0 saturated carbocycles. The zero-order chi connectivity index (χ0) is 19.9. The standard InChI is InChI=1S/C17H20N4O6/c1-7-3-9-10(4-8(7)2)21(5-11(23)14(25)12(24)6-22)15-13(18-9)16(26)20-17(27)19-15/h3-4,11-12,14,22-25H,5-6H2,1-2H3,(H,20,26,27)/t11-,12-,14+/m1/s1. The van der Waals surface area contributed by atoms with Crippen LogP contribution in [-0.4, -0.2) is 64.9 Å². The topological polar surface area (TPSA) is 162 Å². The summed E-state index contributed by atoms with van der Waals surface area (Å²) in [6, 6.07) is 3.53. The van der Waals surface area contributed by atoms with Crippen LogP contribution in [0.15, 0.2) is 21.7 Å². The first-order valence-electron chi connectivity index (χ1n) is 8.29. The number of aryl methyl sites for hydroxylation is 2. The van der Waals surface area contributed by atoms with E-state index in [-0.39, 0.29) is 18.1 Å². The number of aliphatic hydroxyl groups is 4. The van der Waals surface area contributed by atoms with Gasteiger partial charge in [0.2, 0.25) is 0 Å². The van der Waals surface area contributed by atoms with Gasteiger partial charge in [-0.25, -0.2) is 9.78 Å². The molecule has 0 amide bonds. The molecule has 0 saturated heterocycles. The average Bonchev–Trinajstić information content (AvgIpc) is 2.62. The predicted molar refractivity (Wildman–Crippen MR) is 95.6 cm³/mol. The second kappa shape index (κ2) is 7.16. The number of nitrogens with one attached hydrogen (secondary N) is 1. The van der Waals surface area contributed by atoms with Crippen LogP contribution in [0.5, 0.6) is 0 Å². The highest BCUT2D eigenvalue weighted by Gasteiger charge is 2.27. The van der Waals surface area contributed by atoms with Crippen LogP contribution in [0.2, 0.25) is 0 Å². The molecule has 2 aliphatic heterocycles. The van der Waals surface area contributed by atoms with Crippen molar-refractivity contribution in [3.63, 3.8) is 0 Å². The van der Waals surface area contributed by atoms with Crippen LogP contribution in [0, 0.1) is 13.8 Å². The highest BCUT2D eigenvalue weighted by atomic mass is 16.4. The number of hydrogen-bond acceptors (Lipinski definition) is 8. The Labute approximate surface area is 152 Å². The molecule has 0 aromatic heterocycles. The van der Waals surface area contributed by atoms with E-state index in [0.29, 0.717) is 11.0 Å². The Morgan fingerprint density at radius 3 is 2.41 bits per heavy atom. The van der Waals surface area contributed by atoms with Gasteiger partial charge in [-0.05, 0) is 37.1 Å². The van der Waals surface area contributed by atoms with E-state index in [2.05, 4.69) is 15.0 Å². The van der Waals surface area contributed by atoms with Crippen molar-refractivity contribution in [2.45, 2.75) is 38.7 Å². The lowest BCUT2D eigenvalue weighted by molar-refractivity contribution is -0.0802. The van der Waals surface area contributed by atoms with Gasteiger partial charge in [0, 0.05) is 0 Å². The van der Waals surface area contributed by atoms with Crippen LogP contribution in [0.4, 0.5) is 0 Å². The SMILES string of the molecule is Cc1cc2nc3c(=O)[nH]c(=O)nc-3n(C[C@@H](O)[C@H](O)[C@H](O)CO)c2cc1C. The van der Waals surface area contributed by atoms with E-state index in [1.54, 1.807) is 12.1 Å². The second-order valence-electron chi connectivity index (χ2n) is 6.50. The highest BCUT2D eigenvalue weighted by Crippen LogP contribution is 2.24. The van der Waals surface area contributed by atoms with Crippen LogP contribution in [0.1, 0.15) is 11.1 Å². The van der Waals surface area contributed by atoms with Gasteiger partial charge in [0.15, 0.2) is 11.5 Å². The summed E-state index contributed by atoms with van der Waals surface area (Å²) in [5, 5.41) is 38.8. The van der Waals surface area contributed by atoms with Gasteiger partial charge in [-0.15, -0.1) is 0 Å². The molecule has 27 heavy (non-hydrogen) atoms. The molecule has 2 aliphatic rings. The molecule has 10 nitrogen and oxygen atoms in total. The summed E-state index contributed by atoms with van der Waals surface area (Å²) >= 11 is 0. The minimum absolute atomic E-state index is 0.0516. The Hall–Kier alpha value is -2.66. The summed E-state index contributed by atoms with van der Waals surface area (Å²) in [7, 11) is 0. The quantitative estimate of drug-likeness (QED) is 0.328. The largest absolute Gasteiger partial charge is 0.394 e. The van der Waals surface area contributed by atoms with Gasteiger partial charge in [0.05, 0.1) is 24.2 Å². The maximum absolute atomic E-state index is 12.2. The molecule has 5 N–H and O–H groups in total. The Morgan fingerprint density at radius 1 is 1.07 bits per heavy atom. The van der Waals surface area contributed by atoms with E-state index in [0.717, 1.165) is 11.1 Å². The number of aromatic amines is 1. The highest BCUT2D eigenvalue weighted by molar-refractivity contribution is 5.81. The number of H-pyrrole nitrogens is 1. The summed E-state index contributed by atoms with van der Waals surface area (Å²) in [6.07, 6.45) is -4.68. The van der Waals surface area contributed by atoms with Crippen molar-refractivity contribution >= 4 is 11.0 Å². The number of aromatic nitrogens is 4. The maximum Gasteiger partial charge on any atom is 0.349 e. The third-order valence-corrected chi connectivity index (χ3v) is 4.57. The van der Waals surface area contributed by atoms with Crippen molar-refractivity contribution in [1.29, 1.82) is 0 Å². The monoisotopic (exact) mass is 376 g/mol. The van der Waals surface area contributed by atoms with Crippen LogP contribution >= 0.6 is 0 Å². The smallest absolute Gasteiger partial charge is 0.349 e. The summed E-state index contributed by atoms with van der Waals surface area (Å²) in [4.78, 5) is 34.0. The van der Waals surface area contributed by atoms with Crippen LogP contribution in [0.3, 0.4) is 0 Å². The predicted octanol–water partition coefficient (Wildman–Crippen LogP) is -1.72. The first-order chi connectivity index (χ1) is 12.7. The zero-order valence-corrected chi connectivity index (χ0v) is 14.7. The van der Waals surface area contributed by atoms with Crippen molar-refractivity contribution in [1.82, 2.24) is 19.5 Å². The molecule has 0 unspecified atom stereocenters. The molecule has 0 aliphatic carbocycles. The lowest BCUT2D eigenvalue weighted by Crippen LogP contribution is -2.42. The van der Waals surface area contributed by atoms with Crippen LogP contribution in [0.25, 0.3) is 22.6 Å². The molecule has 0 radical (unpaired) electrons. The molecule has 1 aromatic carbocycles. The lowest BCUT2D eigenvalue weighted by Gasteiger charge is -2.25. The Kier molecular flexibility index (Phi) is 5.07. The van der Waals surface area contributed by atoms with Crippen LogP contribution in [-0.2, 0) is 6.54 Å². The molecule has 0 spiro atoms. The third kappa shape index (κ3) is 3.47. The summed E-state index contributed by atoms with van der Waals surface area (Å²) in [5.41, 5.74) is 1.11. The molecule has 144 valence electrons. The minimum Gasteiger partial charge on any atom is -0.394 e. The van der Waals surface area contributed by atoms with Crippen molar-refractivity contribution in [3.8, 4) is 11.5 Å². The van der Waals surface area contributed by atoms with Gasteiger partial charge in [-0.1, -0.05) is 0 Å². The fourth-order valence-electron chi connectivity index (χ4n) is 2.89. The molecule has 10 heteroatoms. The number of fused-ring (bicyclic) bond motifs is 2. The van der Waals surface area contributed by atoms with Crippen molar-refractivity contribution in [3.05, 3.63) is 44.1 Å². The fourth-order valence-corrected chi connectivity index (χ4v) is 2.89. The van der Waals surface area contributed by atoms with E-state index >= 15 is 0 Å².